The highest BCUT2D eigenvalue weighted by atomic mass is 31.2. The minimum absolute atomic E-state index is 0.146. The van der Waals surface area contributed by atoms with Crippen LogP contribution in [-0.2, 0) is 24.6 Å². The first-order valence-electron chi connectivity index (χ1n) is 15.1. The molecule has 246 valence electrons. The van der Waals surface area contributed by atoms with Gasteiger partial charge in [-0.1, -0.05) is 69.3 Å². The van der Waals surface area contributed by atoms with Gasteiger partial charge in [-0.25, -0.2) is 0 Å². The fourth-order valence-electron chi connectivity index (χ4n) is 5.99. The summed E-state index contributed by atoms with van der Waals surface area (Å²) in [7, 11) is -5.74. The predicted octanol–water partition coefficient (Wildman–Crippen LogP) is 4.80. The van der Waals surface area contributed by atoms with E-state index in [-0.39, 0.29) is 28.9 Å². The van der Waals surface area contributed by atoms with Gasteiger partial charge in [0.1, 0.15) is 18.2 Å². The maximum absolute atomic E-state index is 14.2. The van der Waals surface area contributed by atoms with E-state index < -0.39 is 42.2 Å². The van der Waals surface area contributed by atoms with E-state index in [9.17, 15) is 27.7 Å². The van der Waals surface area contributed by atoms with Crippen molar-refractivity contribution in [1.82, 2.24) is 15.1 Å². The molecule has 0 radical (unpaired) electrons. The number of carbonyl (C=O) groups is 3. The number of amides is 3. The van der Waals surface area contributed by atoms with E-state index in [2.05, 4.69) is 5.32 Å². The van der Waals surface area contributed by atoms with Gasteiger partial charge in [-0.3, -0.25) is 18.9 Å². The third-order valence-electron chi connectivity index (χ3n) is 8.57. The van der Waals surface area contributed by atoms with Gasteiger partial charge in [0.05, 0.1) is 13.2 Å². The molecule has 13 heteroatoms. The number of hydrogen-bond acceptors (Lipinski definition) is 5. The fraction of sp³-hybridized carbons (Fsp3) is 0.424. The third-order valence-corrected chi connectivity index (χ3v) is 9.56. The average Bonchev–Trinajstić information content (AvgIpc) is 3.52. The van der Waals surface area contributed by atoms with Crippen LogP contribution in [0.4, 0.5) is 8.78 Å². The number of hydrogen-bond donors (Lipinski definition) is 3. The van der Waals surface area contributed by atoms with Gasteiger partial charge in [0.2, 0.25) is 11.8 Å². The monoisotopic (exact) mass is 657 g/mol. The summed E-state index contributed by atoms with van der Waals surface area (Å²) in [6.07, 6.45) is 0.894. The lowest BCUT2D eigenvalue weighted by Crippen LogP contribution is -2.58. The van der Waals surface area contributed by atoms with Crippen LogP contribution < -0.4 is 5.32 Å². The zero-order valence-corrected chi connectivity index (χ0v) is 26.8. The van der Waals surface area contributed by atoms with E-state index in [0.29, 0.717) is 44.5 Å². The number of morpholine rings is 1. The van der Waals surface area contributed by atoms with Crippen molar-refractivity contribution < 1.29 is 42.3 Å². The molecular formula is C33H38F2N3O7P. The fourth-order valence-corrected chi connectivity index (χ4v) is 6.46. The third kappa shape index (κ3) is 6.85. The molecule has 3 atom stereocenters. The summed E-state index contributed by atoms with van der Waals surface area (Å²) in [4.78, 5) is 62.8. The number of likely N-dealkylation sites (tertiary alicyclic amines) is 1. The molecular weight excluding hydrogens is 619 g/mol. The second-order valence-corrected chi connectivity index (χ2v) is 14.5. The number of nitrogens with zero attached hydrogens (tertiary/aromatic N) is 2. The van der Waals surface area contributed by atoms with Gasteiger partial charge in [-0.2, -0.15) is 8.78 Å². The molecule has 2 fully saturated rings. The van der Waals surface area contributed by atoms with Gasteiger partial charge in [0, 0.05) is 24.2 Å². The molecule has 0 aromatic heterocycles. The molecule has 3 N–H and O–H groups in total. The smallest absolute Gasteiger partial charge is 0.370 e. The van der Waals surface area contributed by atoms with Crippen LogP contribution >= 0.6 is 7.60 Å². The molecule has 2 aliphatic heterocycles. The van der Waals surface area contributed by atoms with E-state index in [4.69, 9.17) is 14.5 Å². The average molecular weight is 658 g/mol. The van der Waals surface area contributed by atoms with Crippen molar-refractivity contribution in [3.63, 3.8) is 0 Å². The maximum Gasteiger partial charge on any atom is 0.399 e. The first-order chi connectivity index (χ1) is 21.6. The first kappa shape index (κ1) is 33.7. The number of fused-ring (bicyclic) bond motifs is 1. The number of rotatable bonds is 7. The summed E-state index contributed by atoms with van der Waals surface area (Å²) in [6, 6.07) is 15.4. The Morgan fingerprint density at radius 1 is 0.978 bits per heavy atom. The van der Waals surface area contributed by atoms with E-state index in [1.165, 1.54) is 24.3 Å². The summed E-state index contributed by atoms with van der Waals surface area (Å²) >= 11 is 0. The predicted molar refractivity (Wildman–Crippen MR) is 167 cm³/mol. The Hall–Kier alpha value is -3.70. The molecule has 3 aromatic rings. The molecule has 10 nitrogen and oxygen atoms in total. The van der Waals surface area contributed by atoms with Crippen molar-refractivity contribution in [2.45, 2.75) is 57.5 Å². The quantitative estimate of drug-likeness (QED) is 0.311. The lowest BCUT2D eigenvalue weighted by molar-refractivity contribution is -0.150. The van der Waals surface area contributed by atoms with Crippen LogP contribution in [0.5, 0.6) is 0 Å². The van der Waals surface area contributed by atoms with Crippen LogP contribution in [0, 0.1) is 5.41 Å². The summed E-state index contributed by atoms with van der Waals surface area (Å²) in [6.45, 7) is 7.00. The highest BCUT2D eigenvalue weighted by Gasteiger charge is 2.50. The summed E-state index contributed by atoms with van der Waals surface area (Å²) in [5, 5.41) is 3.48. The minimum atomic E-state index is -5.74. The number of benzene rings is 3. The molecule has 3 aromatic carbocycles. The lowest BCUT2D eigenvalue weighted by atomic mass is 9.85. The minimum Gasteiger partial charge on any atom is -0.370 e. The molecule has 2 aliphatic rings. The molecule has 3 amide bonds. The Bertz CT molecular complexity index is 1670. The molecule has 0 aliphatic carbocycles. The maximum atomic E-state index is 14.2. The highest BCUT2D eigenvalue weighted by Crippen LogP contribution is 2.59. The van der Waals surface area contributed by atoms with Crippen LogP contribution in [0.15, 0.2) is 66.7 Å². The van der Waals surface area contributed by atoms with Gasteiger partial charge >= 0.3 is 13.3 Å². The SMILES string of the molecule is CC(C)(C)[C@H](NC(=O)c1ccc2cc(C(F)(F)P(=O)(O)O)ccc2c1)C(=O)N1CCC[C@H]1C(=O)N1CCO[C@@H](c2ccccc2)C1. The first-order valence-corrected chi connectivity index (χ1v) is 16.7. The number of nitrogens with one attached hydrogen (secondary N) is 1. The molecule has 5 rings (SSSR count). The molecule has 0 saturated carbocycles. The zero-order valence-electron chi connectivity index (χ0n) is 25.9. The zero-order chi connectivity index (χ0) is 33.4. The van der Waals surface area contributed by atoms with Crippen molar-refractivity contribution in [2.75, 3.05) is 26.2 Å². The lowest BCUT2D eigenvalue weighted by Gasteiger charge is -2.38. The normalized spacial score (nSPS) is 20.1. The second-order valence-electron chi connectivity index (χ2n) is 12.9. The van der Waals surface area contributed by atoms with Gasteiger partial charge in [-0.15, -0.1) is 0 Å². The second kappa shape index (κ2) is 12.8. The largest absolute Gasteiger partial charge is 0.399 e. The Morgan fingerprint density at radius 3 is 2.33 bits per heavy atom. The molecule has 0 bridgehead atoms. The number of halogens is 2. The standard InChI is InChI=1S/C33H38F2N3O7P/c1-32(2,3)28(36-29(39)24-12-11-23-19-25(14-13-22(23)18-24)33(34,35)46(42,43)44)31(41)38-15-7-10-26(38)30(40)37-16-17-45-27(20-37)21-8-5-4-6-9-21/h4-6,8-9,11-14,18-19,26-28H,7,10,15-17,20H2,1-3H3,(H,36,39)(H2,42,43,44)/t26-,27+,28+/m0/s1. The Morgan fingerprint density at radius 2 is 1.65 bits per heavy atom. The topological polar surface area (TPSA) is 136 Å². The van der Waals surface area contributed by atoms with Crippen LogP contribution in [-0.4, -0.2) is 75.6 Å². The highest BCUT2D eigenvalue weighted by molar-refractivity contribution is 7.52. The molecule has 0 spiro atoms. The Labute approximate surface area is 265 Å². The van der Waals surface area contributed by atoms with Crippen LogP contribution in [0.3, 0.4) is 0 Å². The van der Waals surface area contributed by atoms with E-state index in [0.717, 1.165) is 17.7 Å². The molecule has 46 heavy (non-hydrogen) atoms. The Kier molecular flexibility index (Phi) is 9.39. The summed E-state index contributed by atoms with van der Waals surface area (Å²) in [5.41, 5.74) is -4.79. The van der Waals surface area contributed by atoms with Crippen molar-refractivity contribution in [2.24, 2.45) is 5.41 Å². The van der Waals surface area contributed by atoms with E-state index in [1.807, 2.05) is 51.1 Å². The van der Waals surface area contributed by atoms with Crippen molar-refractivity contribution in [3.05, 3.63) is 83.4 Å². The number of carbonyl (C=O) groups excluding carboxylic acids is 3. The van der Waals surface area contributed by atoms with Crippen LogP contribution in [0.2, 0.25) is 0 Å². The van der Waals surface area contributed by atoms with Gasteiger partial charge in [0.25, 0.3) is 5.91 Å². The van der Waals surface area contributed by atoms with Gasteiger partial charge in [0.15, 0.2) is 0 Å². The van der Waals surface area contributed by atoms with Crippen LogP contribution in [0.1, 0.15) is 61.2 Å². The molecule has 2 saturated heterocycles. The molecule has 0 unspecified atom stereocenters. The van der Waals surface area contributed by atoms with E-state index in [1.54, 1.807) is 9.80 Å². The number of alkyl halides is 2. The van der Waals surface area contributed by atoms with Crippen LogP contribution in [0.25, 0.3) is 10.8 Å². The number of ether oxygens (including phenoxy) is 1. The Balaban J connectivity index is 1.32. The summed E-state index contributed by atoms with van der Waals surface area (Å²) in [5.74, 6) is -1.08. The van der Waals surface area contributed by atoms with Crippen molar-refractivity contribution in [1.29, 1.82) is 0 Å². The molecule has 2 heterocycles. The van der Waals surface area contributed by atoms with Crippen molar-refractivity contribution >= 4 is 36.1 Å². The van der Waals surface area contributed by atoms with Crippen molar-refractivity contribution in [3.8, 4) is 0 Å². The van der Waals surface area contributed by atoms with Gasteiger partial charge in [-0.05, 0) is 52.8 Å². The van der Waals surface area contributed by atoms with Gasteiger partial charge < -0.3 is 29.6 Å². The summed E-state index contributed by atoms with van der Waals surface area (Å²) < 4.78 is 45.7. The van der Waals surface area contributed by atoms with E-state index >= 15 is 0 Å².